The van der Waals surface area contributed by atoms with Crippen LogP contribution < -0.4 is 10.1 Å². The largest absolute Gasteiger partial charge is 0.484 e. The number of carbonyl (C=O) groups is 1. The van der Waals surface area contributed by atoms with Crippen LogP contribution in [0.1, 0.15) is 52.9 Å². The third-order valence-corrected chi connectivity index (χ3v) is 6.44. The molecule has 0 saturated carbocycles. The van der Waals surface area contributed by atoms with E-state index < -0.39 is 0 Å². The summed E-state index contributed by atoms with van der Waals surface area (Å²) in [6.07, 6.45) is 7.32. The number of nitrogens with zero attached hydrogens (tertiary/aromatic N) is 2. The van der Waals surface area contributed by atoms with Crippen molar-refractivity contribution in [3.63, 3.8) is 0 Å². The Balaban J connectivity index is 1.58. The highest BCUT2D eigenvalue weighted by atomic mass is 35.5. The Hall–Kier alpha value is -3.48. The van der Waals surface area contributed by atoms with Crippen LogP contribution in [0.4, 0.5) is 0 Å². The Kier molecular flexibility index (Phi) is 9.46. The molecule has 1 aromatic heterocycles. The standard InChI is InChI=1S/C30H32ClN3O3/c1-3-26-29(37-20-22-7-5-4-6-8-22)28(30(35)32-17-18-36-2)34-27(33-26)19-21-9-11-23(12-10-21)24-13-15-25(31)16-14-24/h4-9,11,13-16H,3,10,12,17-20H2,1-2H3,(H,32,35). The van der Waals surface area contributed by atoms with Crippen molar-refractivity contribution in [3.05, 3.63) is 106 Å². The number of amides is 1. The van der Waals surface area contributed by atoms with Gasteiger partial charge >= 0.3 is 0 Å². The molecule has 0 fully saturated rings. The first kappa shape index (κ1) is 26.6. The quantitative estimate of drug-likeness (QED) is 0.316. The first-order chi connectivity index (χ1) is 18.1. The van der Waals surface area contributed by atoms with Gasteiger partial charge in [-0.1, -0.05) is 78.7 Å². The van der Waals surface area contributed by atoms with Gasteiger partial charge in [0.25, 0.3) is 5.91 Å². The Bertz CT molecular complexity index is 1270. The van der Waals surface area contributed by atoms with Crippen LogP contribution in [0, 0.1) is 0 Å². The van der Waals surface area contributed by atoms with Crippen LogP contribution in [0.2, 0.25) is 5.02 Å². The average molecular weight is 518 g/mol. The van der Waals surface area contributed by atoms with E-state index in [9.17, 15) is 4.79 Å². The van der Waals surface area contributed by atoms with Crippen molar-refractivity contribution in [1.29, 1.82) is 0 Å². The Morgan fingerprint density at radius 3 is 2.49 bits per heavy atom. The van der Waals surface area contributed by atoms with Gasteiger partial charge in [-0.2, -0.15) is 0 Å². The zero-order valence-corrected chi connectivity index (χ0v) is 22.1. The predicted molar refractivity (Wildman–Crippen MR) is 147 cm³/mol. The molecule has 0 saturated heterocycles. The van der Waals surface area contributed by atoms with Gasteiger partial charge in [0.05, 0.1) is 12.3 Å². The molecule has 6 nitrogen and oxygen atoms in total. The van der Waals surface area contributed by atoms with Crippen molar-refractivity contribution in [1.82, 2.24) is 15.3 Å². The highest BCUT2D eigenvalue weighted by Gasteiger charge is 2.22. The summed E-state index contributed by atoms with van der Waals surface area (Å²) in [7, 11) is 1.60. The van der Waals surface area contributed by atoms with Gasteiger partial charge in [0, 0.05) is 25.1 Å². The second kappa shape index (κ2) is 13.2. The zero-order valence-electron chi connectivity index (χ0n) is 21.3. The van der Waals surface area contributed by atoms with Crippen molar-refractivity contribution in [3.8, 4) is 5.75 Å². The number of aromatic nitrogens is 2. The van der Waals surface area contributed by atoms with Gasteiger partial charge in [-0.3, -0.25) is 4.79 Å². The average Bonchev–Trinajstić information content (AvgIpc) is 2.93. The third kappa shape index (κ3) is 7.28. The first-order valence-corrected chi connectivity index (χ1v) is 12.9. The number of ether oxygens (including phenoxy) is 2. The molecule has 1 aliphatic carbocycles. The Morgan fingerprint density at radius 2 is 1.81 bits per heavy atom. The van der Waals surface area contributed by atoms with Gasteiger partial charge in [-0.25, -0.2) is 9.97 Å². The first-order valence-electron chi connectivity index (χ1n) is 12.6. The van der Waals surface area contributed by atoms with E-state index in [1.54, 1.807) is 7.11 Å². The van der Waals surface area contributed by atoms with Crippen LogP contribution >= 0.6 is 11.6 Å². The molecule has 0 aliphatic heterocycles. The maximum absolute atomic E-state index is 13.1. The van der Waals surface area contributed by atoms with Gasteiger partial charge in [-0.15, -0.1) is 0 Å². The lowest BCUT2D eigenvalue weighted by Crippen LogP contribution is -2.29. The number of methoxy groups -OCH3 is 1. The molecule has 7 heteroatoms. The molecule has 1 aliphatic rings. The minimum atomic E-state index is -0.291. The van der Waals surface area contributed by atoms with Crippen LogP contribution in [0.5, 0.6) is 5.75 Å². The Morgan fingerprint density at radius 1 is 1.03 bits per heavy atom. The van der Waals surface area contributed by atoms with E-state index in [1.165, 1.54) is 16.7 Å². The molecule has 3 aromatic rings. The van der Waals surface area contributed by atoms with Gasteiger partial charge < -0.3 is 14.8 Å². The predicted octanol–water partition coefficient (Wildman–Crippen LogP) is 5.99. The van der Waals surface area contributed by atoms with E-state index in [0.717, 1.165) is 29.1 Å². The Labute approximate surface area is 223 Å². The number of aryl methyl sites for hydroxylation is 1. The zero-order chi connectivity index (χ0) is 26.0. The van der Waals surface area contributed by atoms with E-state index in [1.807, 2.05) is 61.5 Å². The second-order valence-corrected chi connectivity index (χ2v) is 9.28. The summed E-state index contributed by atoms with van der Waals surface area (Å²) in [4.78, 5) is 22.6. The van der Waals surface area contributed by atoms with Crippen molar-refractivity contribution >= 4 is 23.1 Å². The molecule has 0 spiro atoms. The summed E-state index contributed by atoms with van der Waals surface area (Å²) < 4.78 is 11.2. The van der Waals surface area contributed by atoms with Gasteiger partial charge in [0.1, 0.15) is 12.4 Å². The minimum Gasteiger partial charge on any atom is -0.484 e. The topological polar surface area (TPSA) is 73.3 Å². The summed E-state index contributed by atoms with van der Waals surface area (Å²) in [5, 5.41) is 3.62. The molecule has 0 radical (unpaired) electrons. The molecule has 0 unspecified atom stereocenters. The maximum atomic E-state index is 13.1. The SMILES string of the molecule is CCc1nc(CC2=CC=C(c3ccc(Cl)cc3)CC2)nc(C(=O)NCCOC)c1OCc1ccccc1. The van der Waals surface area contributed by atoms with Crippen molar-refractivity contribution in [2.45, 2.75) is 39.2 Å². The number of nitrogens with one attached hydrogen (secondary N) is 1. The number of halogens is 1. The number of hydrogen-bond donors (Lipinski definition) is 1. The van der Waals surface area contributed by atoms with Gasteiger partial charge in [-0.05, 0) is 48.1 Å². The summed E-state index contributed by atoms with van der Waals surface area (Å²) in [5.74, 6) is 0.768. The summed E-state index contributed by atoms with van der Waals surface area (Å²) >= 11 is 6.03. The molecular formula is C30H32ClN3O3. The van der Waals surface area contributed by atoms with Crippen LogP contribution in [0.25, 0.3) is 5.57 Å². The molecule has 192 valence electrons. The van der Waals surface area contributed by atoms with Crippen LogP contribution in [-0.2, 0) is 24.2 Å². The van der Waals surface area contributed by atoms with E-state index in [-0.39, 0.29) is 11.6 Å². The number of benzene rings is 2. The lowest BCUT2D eigenvalue weighted by Gasteiger charge is -2.18. The smallest absolute Gasteiger partial charge is 0.273 e. The number of hydrogen-bond acceptors (Lipinski definition) is 5. The molecule has 0 atom stereocenters. The fraction of sp³-hybridized carbons (Fsp3) is 0.300. The van der Waals surface area contributed by atoms with Crippen LogP contribution in [0.3, 0.4) is 0 Å². The number of carbonyl (C=O) groups excluding carboxylic acids is 1. The minimum absolute atomic E-state index is 0.266. The molecule has 37 heavy (non-hydrogen) atoms. The normalized spacial score (nSPS) is 13.1. The van der Waals surface area contributed by atoms with Crippen molar-refractivity contribution in [2.24, 2.45) is 0 Å². The second-order valence-electron chi connectivity index (χ2n) is 8.84. The molecular weight excluding hydrogens is 486 g/mol. The maximum Gasteiger partial charge on any atom is 0.273 e. The third-order valence-electron chi connectivity index (χ3n) is 6.19. The summed E-state index contributed by atoms with van der Waals surface area (Å²) in [6.45, 7) is 3.14. The molecule has 4 rings (SSSR count). The molecule has 2 aromatic carbocycles. The highest BCUT2D eigenvalue weighted by molar-refractivity contribution is 6.30. The van der Waals surface area contributed by atoms with Gasteiger partial charge in [0.2, 0.25) is 0 Å². The summed E-state index contributed by atoms with van der Waals surface area (Å²) in [6, 6.07) is 17.8. The molecule has 1 heterocycles. The molecule has 1 N–H and O–H groups in total. The lowest BCUT2D eigenvalue weighted by molar-refractivity contribution is 0.0926. The van der Waals surface area contributed by atoms with Crippen LogP contribution in [-0.4, -0.2) is 36.1 Å². The number of rotatable bonds is 11. The van der Waals surface area contributed by atoms with E-state index in [2.05, 4.69) is 22.5 Å². The molecule has 1 amide bonds. The van der Waals surface area contributed by atoms with Gasteiger partial charge in [0.15, 0.2) is 11.4 Å². The van der Waals surface area contributed by atoms with E-state index in [0.29, 0.717) is 44.2 Å². The highest BCUT2D eigenvalue weighted by Crippen LogP contribution is 2.30. The van der Waals surface area contributed by atoms with E-state index in [4.69, 9.17) is 26.1 Å². The monoisotopic (exact) mass is 517 g/mol. The lowest BCUT2D eigenvalue weighted by atomic mass is 9.92. The fourth-order valence-electron chi connectivity index (χ4n) is 4.19. The van der Waals surface area contributed by atoms with Crippen molar-refractivity contribution < 1.29 is 14.3 Å². The van der Waals surface area contributed by atoms with E-state index >= 15 is 0 Å². The summed E-state index contributed by atoms with van der Waals surface area (Å²) in [5.41, 5.74) is 5.69. The van der Waals surface area contributed by atoms with Crippen LogP contribution in [0.15, 0.2) is 72.3 Å². The number of allylic oxidation sites excluding steroid dienone is 4. The fourth-order valence-corrected chi connectivity index (χ4v) is 4.31. The molecule has 0 bridgehead atoms. The van der Waals surface area contributed by atoms with Crippen molar-refractivity contribution in [2.75, 3.05) is 20.3 Å².